The van der Waals surface area contributed by atoms with E-state index in [0.717, 1.165) is 13.1 Å². The van der Waals surface area contributed by atoms with E-state index < -0.39 is 15.1 Å². The fourth-order valence-corrected chi connectivity index (χ4v) is 2.99. The Morgan fingerprint density at radius 2 is 2.20 bits per heavy atom. The fraction of sp³-hybridized carbons (Fsp3) is 0.846. The van der Waals surface area contributed by atoms with Gasteiger partial charge in [0.05, 0.1) is 0 Å². The number of hydrogen-bond acceptors (Lipinski definition) is 6. The summed E-state index contributed by atoms with van der Waals surface area (Å²) in [6.45, 7) is 5.89. The zero-order chi connectivity index (χ0) is 14.8. The quantitative estimate of drug-likeness (QED) is 0.883. The molecule has 0 spiro atoms. The molecule has 6 nitrogen and oxygen atoms in total. The number of nitrogens with one attached hydrogen (secondary N) is 1. The van der Waals surface area contributed by atoms with Crippen LogP contribution >= 0.6 is 0 Å². The summed E-state index contributed by atoms with van der Waals surface area (Å²) in [6.07, 6.45) is 4.31. The predicted octanol–water partition coefficient (Wildman–Crippen LogP) is 1.35. The van der Waals surface area contributed by atoms with Crippen LogP contribution in [0.25, 0.3) is 0 Å². The topological polar surface area (TPSA) is 85.1 Å². The maximum absolute atomic E-state index is 11.5. The minimum atomic E-state index is -3.19. The van der Waals surface area contributed by atoms with Crippen molar-refractivity contribution in [2.24, 2.45) is 11.8 Å². The lowest BCUT2D eigenvalue weighted by Crippen LogP contribution is -2.33. The van der Waals surface area contributed by atoms with Gasteiger partial charge in [0.2, 0.25) is 5.89 Å². The van der Waals surface area contributed by atoms with Crippen molar-refractivity contribution in [2.75, 3.05) is 19.3 Å². The largest absolute Gasteiger partial charge is 0.339 e. The second-order valence-electron chi connectivity index (χ2n) is 5.81. The minimum absolute atomic E-state index is 0.261. The number of sulfone groups is 1. The molecule has 0 amide bonds. The van der Waals surface area contributed by atoms with Crippen molar-refractivity contribution in [2.45, 2.75) is 38.4 Å². The van der Waals surface area contributed by atoms with E-state index in [9.17, 15) is 8.42 Å². The summed E-state index contributed by atoms with van der Waals surface area (Å²) in [5.74, 6) is 1.86. The molecule has 1 N–H and O–H groups in total. The lowest BCUT2D eigenvalue weighted by Gasteiger charge is -2.27. The highest BCUT2D eigenvalue weighted by atomic mass is 32.2. The molecule has 114 valence electrons. The van der Waals surface area contributed by atoms with Crippen molar-refractivity contribution >= 4 is 9.84 Å². The summed E-state index contributed by atoms with van der Waals surface area (Å²) in [5, 5.41) is 6.48. The van der Waals surface area contributed by atoms with Crippen LogP contribution in [0.1, 0.15) is 43.7 Å². The van der Waals surface area contributed by atoms with Crippen molar-refractivity contribution in [3.05, 3.63) is 11.7 Å². The molecule has 1 fully saturated rings. The van der Waals surface area contributed by atoms with Crippen LogP contribution in [-0.4, -0.2) is 37.9 Å². The monoisotopic (exact) mass is 301 g/mol. The van der Waals surface area contributed by atoms with Crippen molar-refractivity contribution in [1.82, 2.24) is 15.5 Å². The molecule has 0 radical (unpaired) electrons. The van der Waals surface area contributed by atoms with E-state index in [4.69, 9.17) is 4.52 Å². The number of rotatable bonds is 5. The Morgan fingerprint density at radius 1 is 1.45 bits per heavy atom. The smallest absolute Gasteiger partial charge is 0.226 e. The van der Waals surface area contributed by atoms with Gasteiger partial charge in [-0.25, -0.2) is 8.42 Å². The van der Waals surface area contributed by atoms with Gasteiger partial charge in [-0.2, -0.15) is 4.98 Å². The molecule has 1 aliphatic rings. The second-order valence-corrected chi connectivity index (χ2v) is 8.17. The standard InChI is InChI=1S/C13H23N3O3S/c1-9(11-5-4-6-14-8-11)7-12-15-13(16-19-12)10(2)20(3,17)18/h9-11,14H,4-8H2,1-3H3. The van der Waals surface area contributed by atoms with Crippen molar-refractivity contribution in [3.63, 3.8) is 0 Å². The average Bonchev–Trinajstić information content (AvgIpc) is 2.86. The SMILES string of the molecule is CC(Cc1nc(C(C)S(C)(=O)=O)no1)C1CCCNC1. The fourth-order valence-electron chi connectivity index (χ4n) is 2.51. The third-order valence-corrected chi connectivity index (χ3v) is 5.62. The molecule has 2 heterocycles. The Labute approximate surface area is 120 Å². The Kier molecular flexibility index (Phi) is 4.80. The van der Waals surface area contributed by atoms with Crippen LogP contribution in [0, 0.1) is 11.8 Å². The first-order valence-corrected chi connectivity index (χ1v) is 9.05. The van der Waals surface area contributed by atoms with Gasteiger partial charge in [0, 0.05) is 12.7 Å². The maximum atomic E-state index is 11.5. The molecule has 1 saturated heterocycles. The van der Waals surface area contributed by atoms with Crippen LogP contribution in [-0.2, 0) is 16.3 Å². The summed E-state index contributed by atoms with van der Waals surface area (Å²) in [5.41, 5.74) is 0. The zero-order valence-corrected chi connectivity index (χ0v) is 13.1. The van der Waals surface area contributed by atoms with Crippen molar-refractivity contribution in [3.8, 4) is 0 Å². The van der Waals surface area contributed by atoms with E-state index in [1.54, 1.807) is 6.92 Å². The van der Waals surface area contributed by atoms with Crippen molar-refractivity contribution in [1.29, 1.82) is 0 Å². The highest BCUT2D eigenvalue weighted by Crippen LogP contribution is 2.24. The van der Waals surface area contributed by atoms with Gasteiger partial charge in [-0.15, -0.1) is 0 Å². The minimum Gasteiger partial charge on any atom is -0.339 e. The van der Waals surface area contributed by atoms with E-state index >= 15 is 0 Å². The average molecular weight is 301 g/mol. The predicted molar refractivity (Wildman–Crippen MR) is 76.0 cm³/mol. The van der Waals surface area contributed by atoms with Crippen LogP contribution < -0.4 is 5.32 Å². The lowest BCUT2D eigenvalue weighted by molar-refractivity contribution is 0.256. The summed E-state index contributed by atoms with van der Waals surface area (Å²) in [6, 6.07) is 0. The molecule has 1 aromatic rings. The van der Waals surface area contributed by atoms with E-state index in [1.165, 1.54) is 19.1 Å². The van der Waals surface area contributed by atoms with E-state index in [0.29, 0.717) is 24.1 Å². The van der Waals surface area contributed by atoms with Gasteiger partial charge in [0.15, 0.2) is 15.7 Å². The van der Waals surface area contributed by atoms with E-state index in [2.05, 4.69) is 22.4 Å². The zero-order valence-electron chi connectivity index (χ0n) is 12.3. The normalized spacial score (nSPS) is 23.4. The van der Waals surface area contributed by atoms with Gasteiger partial charge in [-0.1, -0.05) is 12.1 Å². The van der Waals surface area contributed by atoms with E-state index in [1.807, 2.05) is 0 Å². The molecule has 3 unspecified atom stereocenters. The first kappa shape index (κ1) is 15.4. The summed E-state index contributed by atoms with van der Waals surface area (Å²) in [7, 11) is -3.19. The maximum Gasteiger partial charge on any atom is 0.226 e. The number of nitrogens with zero attached hydrogens (tertiary/aromatic N) is 2. The third-order valence-electron chi connectivity index (χ3n) is 4.13. The molecular weight excluding hydrogens is 278 g/mol. The molecule has 0 saturated carbocycles. The lowest BCUT2D eigenvalue weighted by atomic mass is 9.85. The third kappa shape index (κ3) is 3.79. The second kappa shape index (κ2) is 6.22. The summed E-state index contributed by atoms with van der Waals surface area (Å²) >= 11 is 0. The van der Waals surface area contributed by atoms with Crippen LogP contribution in [0.5, 0.6) is 0 Å². The molecule has 0 bridgehead atoms. The van der Waals surface area contributed by atoms with Crippen LogP contribution in [0.3, 0.4) is 0 Å². The van der Waals surface area contributed by atoms with Crippen LogP contribution in [0.15, 0.2) is 4.52 Å². The molecule has 1 aliphatic heterocycles. The van der Waals surface area contributed by atoms with Gasteiger partial charge < -0.3 is 9.84 Å². The first-order valence-electron chi connectivity index (χ1n) is 7.10. The van der Waals surface area contributed by atoms with E-state index in [-0.39, 0.29) is 5.82 Å². The van der Waals surface area contributed by atoms with Gasteiger partial charge >= 0.3 is 0 Å². The highest BCUT2D eigenvalue weighted by molar-refractivity contribution is 7.90. The van der Waals surface area contributed by atoms with Gasteiger partial charge in [0.25, 0.3) is 0 Å². The van der Waals surface area contributed by atoms with Gasteiger partial charge in [-0.05, 0) is 44.7 Å². The number of aromatic nitrogens is 2. The van der Waals surface area contributed by atoms with Crippen LogP contribution in [0.4, 0.5) is 0 Å². The molecule has 1 aromatic heterocycles. The van der Waals surface area contributed by atoms with Gasteiger partial charge in [0.1, 0.15) is 5.25 Å². The number of piperidine rings is 1. The molecule has 3 atom stereocenters. The Bertz CT molecular complexity index is 535. The van der Waals surface area contributed by atoms with Gasteiger partial charge in [-0.3, -0.25) is 0 Å². The highest BCUT2D eigenvalue weighted by Gasteiger charge is 2.25. The summed E-state index contributed by atoms with van der Waals surface area (Å²) in [4.78, 5) is 4.23. The molecule has 20 heavy (non-hydrogen) atoms. The Morgan fingerprint density at radius 3 is 2.80 bits per heavy atom. The van der Waals surface area contributed by atoms with Crippen LogP contribution in [0.2, 0.25) is 0 Å². The Balaban J connectivity index is 1.98. The molecular formula is C13H23N3O3S. The molecule has 0 aliphatic carbocycles. The summed E-state index contributed by atoms with van der Waals surface area (Å²) < 4.78 is 28.2. The first-order chi connectivity index (χ1) is 9.38. The Hall–Kier alpha value is -0.950. The molecule has 7 heteroatoms. The molecule has 2 rings (SSSR count). The number of hydrogen-bond donors (Lipinski definition) is 1. The molecule has 0 aromatic carbocycles. The van der Waals surface area contributed by atoms with Crippen molar-refractivity contribution < 1.29 is 12.9 Å².